The van der Waals surface area contributed by atoms with E-state index in [0.717, 1.165) is 11.6 Å². The number of hydrogen-bond acceptors (Lipinski definition) is 5. The summed E-state index contributed by atoms with van der Waals surface area (Å²) in [5.41, 5.74) is 1.59. The third kappa shape index (κ3) is 4.08. The summed E-state index contributed by atoms with van der Waals surface area (Å²) < 4.78 is 4.89. The maximum Gasteiger partial charge on any atom is 0.311 e. The Hall–Kier alpha value is -2.93. The minimum absolute atomic E-state index is 0.00171. The Balaban J connectivity index is 2.05. The Morgan fingerprint density at radius 1 is 1.29 bits per heavy atom. The fourth-order valence-electron chi connectivity index (χ4n) is 2.17. The summed E-state index contributed by atoms with van der Waals surface area (Å²) >= 11 is 0. The predicted molar refractivity (Wildman–Crippen MR) is 88.1 cm³/mol. The van der Waals surface area contributed by atoms with Gasteiger partial charge in [-0.1, -0.05) is 29.8 Å². The van der Waals surface area contributed by atoms with E-state index in [1.165, 1.54) is 19.2 Å². The number of carbonyl (C=O) groups is 1. The van der Waals surface area contributed by atoms with Gasteiger partial charge in [-0.25, -0.2) is 0 Å². The molecule has 0 aliphatic rings. The molecule has 0 fully saturated rings. The molecule has 2 N–H and O–H groups in total. The van der Waals surface area contributed by atoms with E-state index in [9.17, 15) is 20.0 Å². The van der Waals surface area contributed by atoms with E-state index in [1.54, 1.807) is 12.1 Å². The van der Waals surface area contributed by atoms with Crippen molar-refractivity contribution in [2.45, 2.75) is 13.0 Å². The van der Waals surface area contributed by atoms with Crippen LogP contribution in [0.25, 0.3) is 0 Å². The van der Waals surface area contributed by atoms with Crippen LogP contribution < -0.4 is 10.1 Å². The van der Waals surface area contributed by atoms with E-state index in [-0.39, 0.29) is 23.5 Å². The zero-order valence-electron chi connectivity index (χ0n) is 13.4. The van der Waals surface area contributed by atoms with Gasteiger partial charge in [-0.2, -0.15) is 0 Å². The van der Waals surface area contributed by atoms with Crippen molar-refractivity contribution >= 4 is 11.6 Å². The lowest BCUT2D eigenvalue weighted by atomic mass is 10.1. The van der Waals surface area contributed by atoms with Crippen LogP contribution in [0.3, 0.4) is 0 Å². The SMILES string of the molecule is COc1ccc(C(=O)NC[C@@H](O)c2ccc(C)cc2)cc1[N+](=O)[O-]. The second-order valence-corrected chi connectivity index (χ2v) is 5.28. The van der Waals surface area contributed by atoms with E-state index in [4.69, 9.17) is 4.74 Å². The quantitative estimate of drug-likeness (QED) is 0.625. The molecule has 0 heterocycles. The van der Waals surface area contributed by atoms with Gasteiger partial charge >= 0.3 is 5.69 Å². The second kappa shape index (κ2) is 7.56. The van der Waals surface area contributed by atoms with Gasteiger partial charge in [0.1, 0.15) is 0 Å². The molecule has 0 aliphatic heterocycles. The topological polar surface area (TPSA) is 102 Å². The van der Waals surface area contributed by atoms with Gasteiger partial charge in [-0.15, -0.1) is 0 Å². The Bertz CT molecular complexity index is 743. The van der Waals surface area contributed by atoms with E-state index >= 15 is 0 Å². The number of nitrogens with one attached hydrogen (secondary N) is 1. The Morgan fingerprint density at radius 3 is 2.54 bits per heavy atom. The number of ether oxygens (including phenoxy) is 1. The zero-order chi connectivity index (χ0) is 17.7. The lowest BCUT2D eigenvalue weighted by Gasteiger charge is -2.13. The first-order valence-corrected chi connectivity index (χ1v) is 7.27. The highest BCUT2D eigenvalue weighted by Gasteiger charge is 2.18. The molecule has 0 radical (unpaired) electrons. The third-order valence-electron chi connectivity index (χ3n) is 3.56. The molecule has 2 aromatic carbocycles. The predicted octanol–water partition coefficient (Wildman–Crippen LogP) is 2.38. The molecule has 0 aliphatic carbocycles. The first kappa shape index (κ1) is 17.4. The van der Waals surface area contributed by atoms with Crippen molar-refractivity contribution in [3.8, 4) is 5.75 Å². The fraction of sp³-hybridized carbons (Fsp3) is 0.235. The molecule has 24 heavy (non-hydrogen) atoms. The highest BCUT2D eigenvalue weighted by molar-refractivity contribution is 5.95. The highest BCUT2D eigenvalue weighted by atomic mass is 16.6. The van der Waals surface area contributed by atoms with Crippen LogP contribution in [0.2, 0.25) is 0 Å². The minimum atomic E-state index is -0.859. The zero-order valence-corrected chi connectivity index (χ0v) is 13.4. The number of amides is 1. The van der Waals surface area contributed by atoms with Crippen LogP contribution in [0.5, 0.6) is 5.75 Å². The fourth-order valence-corrected chi connectivity index (χ4v) is 2.17. The maximum absolute atomic E-state index is 12.1. The van der Waals surface area contributed by atoms with E-state index in [1.807, 2.05) is 19.1 Å². The van der Waals surface area contributed by atoms with Crippen LogP contribution in [0.4, 0.5) is 5.69 Å². The summed E-state index contributed by atoms with van der Waals surface area (Å²) in [7, 11) is 1.32. The number of hydrogen-bond donors (Lipinski definition) is 2. The molecule has 0 aromatic heterocycles. The number of nitro benzene ring substituents is 1. The van der Waals surface area contributed by atoms with E-state index < -0.39 is 16.9 Å². The van der Waals surface area contributed by atoms with E-state index in [0.29, 0.717) is 5.56 Å². The average molecular weight is 330 g/mol. The summed E-state index contributed by atoms with van der Waals surface area (Å²) in [4.78, 5) is 22.5. The number of rotatable bonds is 6. The van der Waals surface area contributed by atoms with E-state index in [2.05, 4.69) is 5.32 Å². The average Bonchev–Trinajstić information content (AvgIpc) is 2.59. The van der Waals surface area contributed by atoms with Gasteiger partial charge in [0, 0.05) is 18.2 Å². The maximum atomic E-state index is 12.1. The van der Waals surface area contributed by atoms with Crippen molar-refractivity contribution < 1.29 is 19.6 Å². The van der Waals surface area contributed by atoms with Gasteiger partial charge in [0.2, 0.25) is 0 Å². The van der Waals surface area contributed by atoms with Crippen molar-refractivity contribution in [1.82, 2.24) is 5.32 Å². The van der Waals surface area contributed by atoms with Crippen molar-refractivity contribution in [1.29, 1.82) is 0 Å². The molecule has 1 atom stereocenters. The molecule has 7 heteroatoms. The summed E-state index contributed by atoms with van der Waals surface area (Å²) in [5.74, 6) is -0.428. The number of carbonyl (C=O) groups excluding carboxylic acids is 1. The monoisotopic (exact) mass is 330 g/mol. The molecule has 0 saturated heterocycles. The van der Waals surface area contributed by atoms with Crippen molar-refractivity contribution in [3.05, 3.63) is 69.3 Å². The molecule has 0 bridgehead atoms. The number of benzene rings is 2. The number of aliphatic hydroxyl groups excluding tert-OH is 1. The first-order valence-electron chi connectivity index (χ1n) is 7.27. The molecule has 7 nitrogen and oxygen atoms in total. The van der Waals surface area contributed by atoms with Gasteiger partial charge in [0.15, 0.2) is 5.75 Å². The Morgan fingerprint density at radius 2 is 1.96 bits per heavy atom. The smallest absolute Gasteiger partial charge is 0.311 e. The van der Waals surface area contributed by atoms with Crippen LogP contribution in [-0.2, 0) is 0 Å². The number of aliphatic hydroxyl groups is 1. The van der Waals surface area contributed by atoms with Crippen LogP contribution in [0.15, 0.2) is 42.5 Å². The van der Waals surface area contributed by atoms with Gasteiger partial charge < -0.3 is 15.2 Å². The second-order valence-electron chi connectivity index (χ2n) is 5.28. The summed E-state index contributed by atoms with van der Waals surface area (Å²) in [5, 5.41) is 23.6. The number of nitrogens with zero attached hydrogens (tertiary/aromatic N) is 1. The molecule has 126 valence electrons. The Labute approximate surface area is 139 Å². The molecule has 0 unspecified atom stereocenters. The summed E-state index contributed by atoms with van der Waals surface area (Å²) in [6.45, 7) is 1.94. The van der Waals surface area contributed by atoms with Crippen LogP contribution in [-0.4, -0.2) is 29.6 Å². The summed E-state index contributed by atoms with van der Waals surface area (Å²) in [6, 6.07) is 11.2. The first-order chi connectivity index (χ1) is 11.4. The number of nitro groups is 1. The molecule has 1 amide bonds. The van der Waals surface area contributed by atoms with Crippen molar-refractivity contribution in [3.63, 3.8) is 0 Å². The van der Waals surface area contributed by atoms with Gasteiger partial charge in [0.25, 0.3) is 5.91 Å². The van der Waals surface area contributed by atoms with Crippen LogP contribution in [0.1, 0.15) is 27.6 Å². The normalized spacial score (nSPS) is 11.6. The molecular weight excluding hydrogens is 312 g/mol. The molecule has 2 aromatic rings. The van der Waals surface area contributed by atoms with Gasteiger partial charge in [-0.3, -0.25) is 14.9 Å². The standard InChI is InChI=1S/C17H18N2O5/c1-11-3-5-12(6-4-11)15(20)10-18-17(21)13-7-8-16(24-2)14(9-13)19(22)23/h3-9,15,20H,10H2,1-2H3,(H,18,21)/t15-/m1/s1. The van der Waals surface area contributed by atoms with Gasteiger partial charge in [0.05, 0.1) is 18.1 Å². The number of methoxy groups -OCH3 is 1. The Kier molecular flexibility index (Phi) is 5.49. The third-order valence-corrected chi connectivity index (χ3v) is 3.56. The van der Waals surface area contributed by atoms with Crippen LogP contribution in [0, 0.1) is 17.0 Å². The van der Waals surface area contributed by atoms with Gasteiger partial charge in [-0.05, 0) is 24.6 Å². The largest absolute Gasteiger partial charge is 0.490 e. The molecule has 2 rings (SSSR count). The summed E-state index contributed by atoms with van der Waals surface area (Å²) in [6.07, 6.45) is -0.859. The minimum Gasteiger partial charge on any atom is -0.490 e. The number of aryl methyl sites for hydroxylation is 1. The van der Waals surface area contributed by atoms with Crippen molar-refractivity contribution in [2.24, 2.45) is 0 Å². The molecular formula is C17H18N2O5. The van der Waals surface area contributed by atoms with Crippen molar-refractivity contribution in [2.75, 3.05) is 13.7 Å². The lowest BCUT2D eigenvalue weighted by Crippen LogP contribution is -2.28. The lowest BCUT2D eigenvalue weighted by molar-refractivity contribution is -0.385. The molecule has 0 saturated carbocycles. The highest BCUT2D eigenvalue weighted by Crippen LogP contribution is 2.27. The van der Waals surface area contributed by atoms with Crippen LogP contribution >= 0.6 is 0 Å². The molecule has 0 spiro atoms.